The molecule has 1 N–H and O–H groups in total. The lowest BCUT2D eigenvalue weighted by molar-refractivity contribution is -0.139. The molecule has 0 aromatic heterocycles. The van der Waals surface area contributed by atoms with Crippen LogP contribution in [0.5, 0.6) is 11.5 Å². The van der Waals surface area contributed by atoms with E-state index >= 15 is 0 Å². The molecule has 0 fully saturated rings. The van der Waals surface area contributed by atoms with E-state index in [0.717, 1.165) is 36.8 Å². The molecule has 0 unspecified atom stereocenters. The van der Waals surface area contributed by atoms with Crippen LogP contribution in [0, 0.1) is 5.92 Å². The standard InChI is InChI=1S/C26H32O3/c1-5-9-19-13-15-24(27)22(17-19)23-18-20(10-6-2)14-16-25(23)29-26(28)21(11-7-3)12-8-4/h5-6,13-18,21,27H,1-2,7-12H2,3-4H3. The van der Waals surface area contributed by atoms with Crippen molar-refractivity contribution in [1.82, 2.24) is 0 Å². The molecule has 0 saturated carbocycles. The Morgan fingerprint density at radius 3 is 2.07 bits per heavy atom. The van der Waals surface area contributed by atoms with E-state index < -0.39 is 0 Å². The van der Waals surface area contributed by atoms with Crippen LogP contribution in [0.25, 0.3) is 11.1 Å². The second-order valence-corrected chi connectivity index (χ2v) is 7.36. The molecule has 0 saturated heterocycles. The summed E-state index contributed by atoms with van der Waals surface area (Å²) < 4.78 is 5.86. The molecule has 0 aliphatic carbocycles. The minimum absolute atomic E-state index is 0.105. The molecule has 0 spiro atoms. The van der Waals surface area contributed by atoms with Gasteiger partial charge in [-0.25, -0.2) is 0 Å². The molecule has 0 aliphatic heterocycles. The van der Waals surface area contributed by atoms with Gasteiger partial charge in [-0.3, -0.25) is 4.79 Å². The van der Waals surface area contributed by atoms with Gasteiger partial charge in [0.1, 0.15) is 11.5 Å². The summed E-state index contributed by atoms with van der Waals surface area (Å²) in [6.07, 6.45) is 8.56. The third-order valence-electron chi connectivity index (χ3n) is 4.97. The van der Waals surface area contributed by atoms with Crippen LogP contribution in [0.4, 0.5) is 0 Å². The zero-order valence-electron chi connectivity index (χ0n) is 17.6. The van der Waals surface area contributed by atoms with E-state index in [1.807, 2.05) is 42.5 Å². The fraction of sp³-hybridized carbons (Fsp3) is 0.346. The van der Waals surface area contributed by atoms with Gasteiger partial charge in [-0.1, -0.05) is 51.0 Å². The Kier molecular flexibility index (Phi) is 8.72. The quantitative estimate of drug-likeness (QED) is 0.265. The number of carbonyl (C=O) groups is 1. The number of rotatable bonds is 11. The summed E-state index contributed by atoms with van der Waals surface area (Å²) in [6, 6.07) is 11.2. The van der Waals surface area contributed by atoms with Crippen LogP contribution in [0.15, 0.2) is 61.7 Å². The number of carbonyl (C=O) groups excluding carboxylic acids is 1. The highest BCUT2D eigenvalue weighted by Crippen LogP contribution is 2.38. The average molecular weight is 393 g/mol. The lowest BCUT2D eigenvalue weighted by atomic mass is 9.96. The largest absolute Gasteiger partial charge is 0.507 e. The monoisotopic (exact) mass is 392 g/mol. The van der Waals surface area contributed by atoms with Crippen LogP contribution in [-0.4, -0.2) is 11.1 Å². The van der Waals surface area contributed by atoms with Crippen LogP contribution in [0.1, 0.15) is 50.7 Å². The summed E-state index contributed by atoms with van der Waals surface area (Å²) in [5.41, 5.74) is 3.45. The van der Waals surface area contributed by atoms with Gasteiger partial charge in [-0.05, 0) is 61.1 Å². The molecule has 154 valence electrons. The van der Waals surface area contributed by atoms with Gasteiger partial charge in [-0.2, -0.15) is 0 Å². The number of phenolic OH excluding ortho intramolecular Hbond substituents is 1. The Bertz CT molecular complexity index is 845. The molecule has 29 heavy (non-hydrogen) atoms. The number of allylic oxidation sites excluding steroid dienone is 2. The van der Waals surface area contributed by atoms with Crippen molar-refractivity contribution in [2.45, 2.75) is 52.4 Å². The van der Waals surface area contributed by atoms with Crippen LogP contribution in [-0.2, 0) is 17.6 Å². The summed E-state index contributed by atoms with van der Waals surface area (Å²) in [4.78, 5) is 12.8. The van der Waals surface area contributed by atoms with Gasteiger partial charge < -0.3 is 9.84 Å². The van der Waals surface area contributed by atoms with Gasteiger partial charge in [0, 0.05) is 11.1 Å². The summed E-state index contributed by atoms with van der Waals surface area (Å²) in [5.74, 6) is 0.329. The van der Waals surface area contributed by atoms with Gasteiger partial charge in [0.15, 0.2) is 0 Å². The number of phenols is 1. The van der Waals surface area contributed by atoms with Crippen molar-refractivity contribution in [2.24, 2.45) is 5.92 Å². The second kappa shape index (κ2) is 11.3. The molecule has 0 amide bonds. The molecular weight excluding hydrogens is 360 g/mol. The van der Waals surface area contributed by atoms with Gasteiger partial charge in [-0.15, -0.1) is 13.2 Å². The van der Waals surface area contributed by atoms with E-state index in [4.69, 9.17) is 4.74 Å². The van der Waals surface area contributed by atoms with Gasteiger partial charge in [0.2, 0.25) is 0 Å². The maximum absolute atomic E-state index is 12.8. The Hall–Kier alpha value is -2.81. The zero-order valence-corrected chi connectivity index (χ0v) is 17.6. The number of esters is 1. The first-order chi connectivity index (χ1) is 14.0. The third kappa shape index (κ3) is 6.08. The summed E-state index contributed by atoms with van der Waals surface area (Å²) >= 11 is 0. The summed E-state index contributed by atoms with van der Waals surface area (Å²) in [7, 11) is 0. The highest BCUT2D eigenvalue weighted by Gasteiger charge is 2.21. The van der Waals surface area contributed by atoms with Gasteiger partial charge in [0.05, 0.1) is 5.92 Å². The van der Waals surface area contributed by atoms with E-state index in [1.54, 1.807) is 6.07 Å². The van der Waals surface area contributed by atoms with Crippen LogP contribution in [0.3, 0.4) is 0 Å². The molecule has 2 rings (SSSR count). The normalized spacial score (nSPS) is 10.7. The molecule has 0 aliphatic rings. The van der Waals surface area contributed by atoms with E-state index in [0.29, 0.717) is 29.7 Å². The number of aromatic hydroxyl groups is 1. The van der Waals surface area contributed by atoms with Crippen molar-refractivity contribution in [3.05, 3.63) is 72.8 Å². The highest BCUT2D eigenvalue weighted by molar-refractivity contribution is 5.82. The lowest BCUT2D eigenvalue weighted by Gasteiger charge is -2.18. The van der Waals surface area contributed by atoms with E-state index in [1.165, 1.54) is 0 Å². The average Bonchev–Trinajstić information content (AvgIpc) is 2.71. The Balaban J connectivity index is 2.48. The predicted molar refractivity (Wildman–Crippen MR) is 120 cm³/mol. The summed E-state index contributed by atoms with van der Waals surface area (Å²) in [5, 5.41) is 10.5. The second-order valence-electron chi connectivity index (χ2n) is 7.36. The molecular formula is C26H32O3. The van der Waals surface area contributed by atoms with Crippen molar-refractivity contribution < 1.29 is 14.6 Å². The topological polar surface area (TPSA) is 46.5 Å². The number of hydrogen-bond donors (Lipinski definition) is 1. The van der Waals surface area contributed by atoms with Crippen molar-refractivity contribution in [3.8, 4) is 22.6 Å². The van der Waals surface area contributed by atoms with Crippen molar-refractivity contribution in [2.75, 3.05) is 0 Å². The minimum atomic E-state index is -0.201. The SMILES string of the molecule is C=CCc1ccc(O)c(-c2cc(CC=C)ccc2OC(=O)C(CCC)CCC)c1. The first-order valence-corrected chi connectivity index (χ1v) is 10.4. The fourth-order valence-corrected chi connectivity index (χ4v) is 3.53. The van der Waals surface area contributed by atoms with Gasteiger partial charge in [0.25, 0.3) is 0 Å². The molecule has 2 aromatic rings. The Morgan fingerprint density at radius 2 is 1.52 bits per heavy atom. The van der Waals surface area contributed by atoms with E-state index in [2.05, 4.69) is 27.0 Å². The summed E-state index contributed by atoms with van der Waals surface area (Å²) in [6.45, 7) is 11.7. The fourth-order valence-electron chi connectivity index (χ4n) is 3.53. The molecule has 3 nitrogen and oxygen atoms in total. The number of hydrogen-bond acceptors (Lipinski definition) is 3. The smallest absolute Gasteiger partial charge is 0.314 e. The maximum Gasteiger partial charge on any atom is 0.314 e. The van der Waals surface area contributed by atoms with Gasteiger partial charge >= 0.3 is 5.97 Å². The third-order valence-corrected chi connectivity index (χ3v) is 4.97. The first-order valence-electron chi connectivity index (χ1n) is 10.4. The minimum Gasteiger partial charge on any atom is -0.507 e. The van der Waals surface area contributed by atoms with Crippen LogP contribution < -0.4 is 4.74 Å². The highest BCUT2D eigenvalue weighted by atomic mass is 16.5. The van der Waals surface area contributed by atoms with Crippen LogP contribution in [0.2, 0.25) is 0 Å². The molecule has 3 heteroatoms. The molecule has 0 heterocycles. The van der Waals surface area contributed by atoms with Crippen molar-refractivity contribution >= 4 is 5.97 Å². The molecule has 0 atom stereocenters. The van der Waals surface area contributed by atoms with E-state index in [9.17, 15) is 9.90 Å². The molecule has 0 bridgehead atoms. The predicted octanol–water partition coefficient (Wildman–Crippen LogP) is 6.64. The number of ether oxygens (including phenoxy) is 1. The Labute approximate surface area is 174 Å². The lowest BCUT2D eigenvalue weighted by Crippen LogP contribution is -2.20. The van der Waals surface area contributed by atoms with Crippen molar-refractivity contribution in [3.63, 3.8) is 0 Å². The Morgan fingerprint density at radius 1 is 0.966 bits per heavy atom. The molecule has 0 radical (unpaired) electrons. The van der Waals surface area contributed by atoms with Crippen molar-refractivity contribution in [1.29, 1.82) is 0 Å². The molecule has 2 aromatic carbocycles. The van der Waals surface area contributed by atoms with Crippen LogP contribution >= 0.6 is 0 Å². The zero-order chi connectivity index (χ0) is 21.2. The maximum atomic E-state index is 12.8. The first kappa shape index (κ1) is 22.5. The van der Waals surface area contributed by atoms with E-state index in [-0.39, 0.29) is 17.6 Å². The number of benzene rings is 2.